The Morgan fingerprint density at radius 1 is 1.16 bits per heavy atom. The van der Waals surface area contributed by atoms with Crippen molar-refractivity contribution in [3.05, 3.63) is 69.9 Å². The Balaban J connectivity index is 1.46. The average molecular weight is 522 g/mol. The van der Waals surface area contributed by atoms with Crippen LogP contribution < -0.4 is 5.56 Å². The molecular formula is C26H22F3N7O2. The molecular weight excluding hydrogens is 499 g/mol. The molecule has 4 aromatic rings. The van der Waals surface area contributed by atoms with E-state index in [0.717, 1.165) is 25.5 Å². The quantitative estimate of drug-likeness (QED) is 0.390. The minimum Gasteiger partial charge on any atom is -0.373 e. The molecule has 0 aromatic carbocycles. The van der Waals surface area contributed by atoms with E-state index in [1.807, 2.05) is 23.1 Å². The van der Waals surface area contributed by atoms with Crippen LogP contribution >= 0.6 is 0 Å². The van der Waals surface area contributed by atoms with Crippen molar-refractivity contribution in [2.45, 2.75) is 49.9 Å². The van der Waals surface area contributed by atoms with Crippen LogP contribution in [-0.2, 0) is 18.0 Å². The van der Waals surface area contributed by atoms with Crippen molar-refractivity contribution >= 4 is 10.9 Å². The second kappa shape index (κ2) is 9.02. The molecule has 0 unspecified atom stereocenters. The first-order valence-electron chi connectivity index (χ1n) is 12.2. The highest BCUT2D eigenvalue weighted by molar-refractivity contribution is 5.91. The Bertz CT molecular complexity index is 1630. The number of hydrogen-bond donors (Lipinski definition) is 0. The first-order chi connectivity index (χ1) is 18.2. The van der Waals surface area contributed by atoms with E-state index >= 15 is 0 Å². The van der Waals surface area contributed by atoms with Crippen molar-refractivity contribution in [3.63, 3.8) is 0 Å². The molecule has 1 aliphatic carbocycles. The molecule has 9 nitrogen and oxygen atoms in total. The average Bonchev–Trinajstić information content (AvgIpc) is 3.65. The van der Waals surface area contributed by atoms with E-state index in [9.17, 15) is 18.0 Å². The molecule has 0 bridgehead atoms. The van der Waals surface area contributed by atoms with E-state index in [0.29, 0.717) is 41.3 Å². The van der Waals surface area contributed by atoms with Crippen LogP contribution in [0, 0.1) is 11.3 Å². The van der Waals surface area contributed by atoms with Crippen LogP contribution in [0.25, 0.3) is 22.2 Å². The fourth-order valence-corrected chi connectivity index (χ4v) is 4.91. The van der Waals surface area contributed by atoms with Gasteiger partial charge >= 0.3 is 6.18 Å². The Hall–Kier alpha value is -4.11. The highest BCUT2D eigenvalue weighted by Gasteiger charge is 2.37. The number of pyridine rings is 2. The molecule has 2 aliphatic rings. The Labute approximate surface area is 214 Å². The van der Waals surface area contributed by atoms with Gasteiger partial charge in [0.2, 0.25) is 5.82 Å². The molecule has 5 heterocycles. The Morgan fingerprint density at radius 3 is 2.66 bits per heavy atom. The van der Waals surface area contributed by atoms with Gasteiger partial charge in [-0.2, -0.15) is 23.5 Å². The van der Waals surface area contributed by atoms with Crippen molar-refractivity contribution in [1.82, 2.24) is 29.3 Å². The predicted octanol–water partition coefficient (Wildman–Crippen LogP) is 4.45. The van der Waals surface area contributed by atoms with Crippen LogP contribution in [0.15, 0.2) is 41.6 Å². The van der Waals surface area contributed by atoms with Crippen LogP contribution in [0.2, 0.25) is 0 Å². The molecule has 38 heavy (non-hydrogen) atoms. The minimum absolute atomic E-state index is 0.0365. The van der Waals surface area contributed by atoms with E-state index in [2.05, 4.69) is 15.1 Å². The number of alkyl halides is 3. The zero-order valence-electron chi connectivity index (χ0n) is 20.3. The molecule has 0 N–H and O–H groups in total. The first-order valence-corrected chi connectivity index (χ1v) is 12.2. The smallest absolute Gasteiger partial charge is 0.373 e. The molecule has 0 spiro atoms. The van der Waals surface area contributed by atoms with E-state index in [4.69, 9.17) is 15.0 Å². The van der Waals surface area contributed by atoms with Crippen LogP contribution in [0.1, 0.15) is 66.5 Å². The van der Waals surface area contributed by atoms with Gasteiger partial charge in [-0.15, -0.1) is 0 Å². The summed E-state index contributed by atoms with van der Waals surface area (Å²) in [7, 11) is 1.06. The van der Waals surface area contributed by atoms with Crippen molar-refractivity contribution in [2.75, 3.05) is 6.61 Å². The van der Waals surface area contributed by atoms with Gasteiger partial charge in [-0.1, -0.05) is 0 Å². The lowest BCUT2D eigenvalue weighted by Gasteiger charge is -2.29. The third-order valence-electron chi connectivity index (χ3n) is 7.10. The van der Waals surface area contributed by atoms with Crippen LogP contribution in [0.5, 0.6) is 0 Å². The van der Waals surface area contributed by atoms with Gasteiger partial charge in [-0.25, -0.2) is 9.97 Å². The normalized spacial score (nSPS) is 20.0. The van der Waals surface area contributed by atoms with Crippen LogP contribution in [0.4, 0.5) is 13.2 Å². The molecule has 2 atom stereocenters. The third-order valence-corrected chi connectivity index (χ3v) is 7.10. The Kier molecular flexibility index (Phi) is 5.75. The minimum atomic E-state index is -4.83. The van der Waals surface area contributed by atoms with Crippen molar-refractivity contribution < 1.29 is 17.9 Å². The zero-order chi connectivity index (χ0) is 26.6. The second-order valence-corrected chi connectivity index (χ2v) is 9.70. The summed E-state index contributed by atoms with van der Waals surface area (Å²) >= 11 is 0. The highest BCUT2D eigenvalue weighted by atomic mass is 19.4. The summed E-state index contributed by atoms with van der Waals surface area (Å²) in [5.41, 5.74) is 1.17. The molecule has 2 fully saturated rings. The van der Waals surface area contributed by atoms with Gasteiger partial charge in [0.25, 0.3) is 5.56 Å². The SMILES string of the molecule is Cn1c(C(F)(F)F)nc2c(-c3ccc(C#N)nc3)nc([C@@H]3CCO[C@H](c4cnn(C5CC5)c4)C3)cc2c1=O. The van der Waals surface area contributed by atoms with Gasteiger partial charge in [0.05, 0.1) is 29.4 Å². The number of nitrogens with zero attached hydrogens (tertiary/aromatic N) is 7. The van der Waals surface area contributed by atoms with E-state index in [-0.39, 0.29) is 34.3 Å². The summed E-state index contributed by atoms with van der Waals surface area (Å²) in [6.07, 6.45) is 3.56. The number of rotatable bonds is 4. The van der Waals surface area contributed by atoms with E-state index in [1.54, 1.807) is 12.1 Å². The van der Waals surface area contributed by atoms with Gasteiger partial charge < -0.3 is 4.74 Å². The van der Waals surface area contributed by atoms with Gasteiger partial charge in [-0.3, -0.25) is 19.0 Å². The molecule has 194 valence electrons. The molecule has 4 aromatic heterocycles. The summed E-state index contributed by atoms with van der Waals surface area (Å²) in [5.74, 6) is -1.43. The maximum absolute atomic E-state index is 13.7. The molecule has 6 rings (SSSR count). The first kappa shape index (κ1) is 24.2. The Morgan fingerprint density at radius 2 is 1.97 bits per heavy atom. The number of halogens is 3. The largest absolute Gasteiger partial charge is 0.449 e. The summed E-state index contributed by atoms with van der Waals surface area (Å²) in [6.45, 7) is 0.459. The van der Waals surface area contributed by atoms with Crippen molar-refractivity contribution in [2.24, 2.45) is 7.05 Å². The van der Waals surface area contributed by atoms with Crippen LogP contribution in [-0.4, -0.2) is 35.9 Å². The van der Waals surface area contributed by atoms with E-state index < -0.39 is 17.6 Å². The predicted molar refractivity (Wildman–Crippen MR) is 129 cm³/mol. The third kappa shape index (κ3) is 4.32. The molecule has 0 amide bonds. The summed E-state index contributed by atoms with van der Waals surface area (Å²) in [4.78, 5) is 25.8. The fourth-order valence-electron chi connectivity index (χ4n) is 4.91. The van der Waals surface area contributed by atoms with Gasteiger partial charge in [0.15, 0.2) is 0 Å². The highest BCUT2D eigenvalue weighted by Crippen LogP contribution is 2.40. The summed E-state index contributed by atoms with van der Waals surface area (Å²) in [6, 6.07) is 6.90. The number of nitriles is 1. The maximum atomic E-state index is 13.7. The molecule has 12 heteroatoms. The number of hydrogen-bond acceptors (Lipinski definition) is 7. The summed E-state index contributed by atoms with van der Waals surface area (Å²) in [5, 5.41) is 13.6. The topological polar surface area (TPSA) is 112 Å². The number of aromatic nitrogens is 6. The van der Waals surface area contributed by atoms with Gasteiger partial charge in [-0.05, 0) is 43.9 Å². The lowest BCUT2D eigenvalue weighted by Crippen LogP contribution is -2.28. The maximum Gasteiger partial charge on any atom is 0.449 e. The molecule has 0 radical (unpaired) electrons. The second-order valence-electron chi connectivity index (χ2n) is 9.70. The van der Waals surface area contributed by atoms with E-state index in [1.165, 1.54) is 12.3 Å². The summed E-state index contributed by atoms with van der Waals surface area (Å²) < 4.78 is 49.6. The lowest BCUT2D eigenvalue weighted by atomic mass is 9.89. The zero-order valence-corrected chi connectivity index (χ0v) is 20.3. The fraction of sp³-hybridized carbons (Fsp3) is 0.385. The molecule has 1 saturated heterocycles. The monoisotopic (exact) mass is 521 g/mol. The van der Waals surface area contributed by atoms with Gasteiger partial charge in [0, 0.05) is 48.8 Å². The standard InChI is InChI=1S/C26H22F3N7O2/c1-35-24(37)19-9-20(14-6-7-38-21(8-14)16-12-32-36(13-16)18-4-5-18)33-22(15-2-3-17(10-30)31-11-15)23(19)34-25(35)26(27,28)29/h2-3,9,11-14,18,21H,4-8H2,1H3/t14-,21+/m1/s1. The molecule has 1 saturated carbocycles. The lowest BCUT2D eigenvalue weighted by molar-refractivity contribution is -0.147. The van der Waals surface area contributed by atoms with Crippen molar-refractivity contribution in [1.29, 1.82) is 5.26 Å². The van der Waals surface area contributed by atoms with Crippen LogP contribution in [0.3, 0.4) is 0 Å². The van der Waals surface area contributed by atoms with Crippen molar-refractivity contribution in [3.8, 4) is 17.3 Å². The molecule has 1 aliphatic heterocycles. The number of ether oxygens (including phenoxy) is 1. The van der Waals surface area contributed by atoms with Gasteiger partial charge in [0.1, 0.15) is 17.3 Å². The number of fused-ring (bicyclic) bond motifs is 1.